The molecule has 0 N–H and O–H groups in total. The summed E-state index contributed by atoms with van der Waals surface area (Å²) >= 11 is 0. The average Bonchev–Trinajstić information content (AvgIpc) is 1.87. The van der Waals surface area contributed by atoms with Crippen molar-refractivity contribution in [3.8, 4) is 0 Å². The predicted octanol–water partition coefficient (Wildman–Crippen LogP) is 1.79. The van der Waals surface area contributed by atoms with Gasteiger partial charge in [0.2, 0.25) is 0 Å². The van der Waals surface area contributed by atoms with E-state index in [0.29, 0.717) is 18.9 Å². The maximum Gasteiger partial charge on any atom is 0.122 e. The summed E-state index contributed by atoms with van der Waals surface area (Å²) in [6, 6.07) is 0. The molecule has 56 valence electrons. The van der Waals surface area contributed by atoms with Crippen LogP contribution in [0.1, 0.15) is 6.92 Å². The Bertz CT molecular complexity index is 138. The topological polar surface area (TPSA) is 21.6 Å². The molecule has 0 bridgehead atoms. The van der Waals surface area contributed by atoms with Gasteiger partial charge in [0.15, 0.2) is 0 Å². The molecule has 0 saturated heterocycles. The molecule has 0 unspecified atom stereocenters. The van der Waals surface area contributed by atoms with Gasteiger partial charge >= 0.3 is 0 Å². The quantitative estimate of drug-likeness (QED) is 0.323. The molecular weight excluding hydrogens is 126 g/mol. The van der Waals surface area contributed by atoms with Gasteiger partial charge in [-0.1, -0.05) is 12.7 Å². The molecular formula is C8H13NO. The van der Waals surface area contributed by atoms with Gasteiger partial charge in [0.1, 0.15) is 6.61 Å². The Labute approximate surface area is 61.9 Å². The van der Waals surface area contributed by atoms with E-state index in [1.54, 1.807) is 19.2 Å². The van der Waals surface area contributed by atoms with Gasteiger partial charge in [0.25, 0.3) is 0 Å². The van der Waals surface area contributed by atoms with E-state index in [2.05, 4.69) is 18.2 Å². The summed E-state index contributed by atoms with van der Waals surface area (Å²) in [6.07, 6.45) is 3.44. The molecule has 0 aliphatic heterocycles. The molecule has 0 aromatic heterocycles. The Balaban J connectivity index is 3.18. The zero-order valence-corrected chi connectivity index (χ0v) is 6.34. The summed E-state index contributed by atoms with van der Waals surface area (Å²) in [5.74, 6) is 0.713. The smallest absolute Gasteiger partial charge is 0.122 e. The molecule has 0 heterocycles. The number of hydrogen-bond donors (Lipinski definition) is 0. The van der Waals surface area contributed by atoms with Crippen molar-refractivity contribution in [3.63, 3.8) is 0 Å². The largest absolute Gasteiger partial charge is 0.493 e. The highest BCUT2D eigenvalue weighted by Gasteiger charge is 1.79. The highest BCUT2D eigenvalue weighted by atomic mass is 16.5. The molecule has 0 rings (SSSR count). The van der Waals surface area contributed by atoms with Crippen molar-refractivity contribution in [2.45, 2.75) is 6.92 Å². The Morgan fingerprint density at radius 1 is 1.70 bits per heavy atom. The standard InChI is InChI=1S/C8H13NO/c1-4-5-9-6-7-10-8(2)3/h4,6H,1-2,5,7H2,3H3. The summed E-state index contributed by atoms with van der Waals surface area (Å²) in [7, 11) is 0. The number of nitrogens with zero attached hydrogens (tertiary/aromatic N) is 1. The lowest BCUT2D eigenvalue weighted by Crippen LogP contribution is -1.92. The van der Waals surface area contributed by atoms with Crippen LogP contribution in [0, 0.1) is 0 Å². The van der Waals surface area contributed by atoms with Crippen LogP contribution >= 0.6 is 0 Å². The van der Waals surface area contributed by atoms with Crippen LogP contribution in [-0.2, 0) is 4.74 Å². The van der Waals surface area contributed by atoms with Gasteiger partial charge in [-0.15, -0.1) is 6.58 Å². The molecule has 2 heteroatoms. The first kappa shape index (κ1) is 8.95. The van der Waals surface area contributed by atoms with E-state index < -0.39 is 0 Å². The van der Waals surface area contributed by atoms with Crippen molar-refractivity contribution >= 4 is 6.21 Å². The van der Waals surface area contributed by atoms with Gasteiger partial charge in [0, 0.05) is 6.21 Å². The molecule has 0 radical (unpaired) electrons. The predicted molar refractivity (Wildman–Crippen MR) is 44.3 cm³/mol. The van der Waals surface area contributed by atoms with Crippen molar-refractivity contribution < 1.29 is 4.74 Å². The molecule has 0 saturated carbocycles. The van der Waals surface area contributed by atoms with E-state index in [9.17, 15) is 0 Å². The van der Waals surface area contributed by atoms with Crippen LogP contribution in [0.2, 0.25) is 0 Å². The minimum atomic E-state index is 0.503. The highest BCUT2D eigenvalue weighted by molar-refractivity contribution is 5.58. The van der Waals surface area contributed by atoms with Gasteiger partial charge in [0.05, 0.1) is 12.3 Å². The third-order valence-electron chi connectivity index (χ3n) is 0.768. The summed E-state index contributed by atoms with van der Waals surface area (Å²) in [6.45, 7) is 10.1. The Kier molecular flexibility index (Phi) is 5.44. The molecule has 2 nitrogen and oxygen atoms in total. The van der Waals surface area contributed by atoms with Crippen molar-refractivity contribution in [2.24, 2.45) is 4.99 Å². The number of aliphatic imine (C=N–C) groups is 1. The number of ether oxygens (including phenoxy) is 1. The monoisotopic (exact) mass is 139 g/mol. The molecule has 0 aromatic rings. The van der Waals surface area contributed by atoms with Crippen LogP contribution in [0.3, 0.4) is 0 Å². The van der Waals surface area contributed by atoms with Crippen LogP contribution in [-0.4, -0.2) is 19.4 Å². The number of hydrogen-bond acceptors (Lipinski definition) is 2. The third kappa shape index (κ3) is 6.95. The van der Waals surface area contributed by atoms with E-state index in [0.717, 1.165) is 0 Å². The zero-order chi connectivity index (χ0) is 7.82. The molecule has 0 aliphatic carbocycles. The zero-order valence-electron chi connectivity index (χ0n) is 6.34. The van der Waals surface area contributed by atoms with Crippen LogP contribution in [0.25, 0.3) is 0 Å². The first-order chi connectivity index (χ1) is 4.77. The van der Waals surface area contributed by atoms with Crippen LogP contribution in [0.15, 0.2) is 30.0 Å². The third-order valence-corrected chi connectivity index (χ3v) is 0.768. The number of rotatable bonds is 5. The lowest BCUT2D eigenvalue weighted by atomic mass is 10.6. The van der Waals surface area contributed by atoms with E-state index in [-0.39, 0.29) is 0 Å². The summed E-state index contributed by atoms with van der Waals surface area (Å²) in [4.78, 5) is 3.95. The maximum atomic E-state index is 5.01. The lowest BCUT2D eigenvalue weighted by Gasteiger charge is -1.97. The van der Waals surface area contributed by atoms with Crippen molar-refractivity contribution in [1.29, 1.82) is 0 Å². The van der Waals surface area contributed by atoms with E-state index in [1.807, 2.05) is 0 Å². The lowest BCUT2D eigenvalue weighted by molar-refractivity contribution is 0.266. The molecule has 0 atom stereocenters. The van der Waals surface area contributed by atoms with Gasteiger partial charge in [-0.25, -0.2) is 0 Å². The van der Waals surface area contributed by atoms with Crippen molar-refractivity contribution in [3.05, 3.63) is 25.0 Å². The maximum absolute atomic E-state index is 5.01. The minimum absolute atomic E-state index is 0.503. The second-order valence-corrected chi connectivity index (χ2v) is 1.85. The SMILES string of the molecule is C=CCN=CCOC(=C)C. The summed E-state index contributed by atoms with van der Waals surface area (Å²) < 4.78 is 5.01. The van der Waals surface area contributed by atoms with Crippen LogP contribution in [0.5, 0.6) is 0 Å². The Hall–Kier alpha value is -1.05. The average molecular weight is 139 g/mol. The molecule has 0 amide bonds. The summed E-state index contributed by atoms with van der Waals surface area (Å²) in [5, 5.41) is 0. The second kappa shape index (κ2) is 6.08. The van der Waals surface area contributed by atoms with E-state index in [4.69, 9.17) is 4.74 Å². The van der Waals surface area contributed by atoms with Gasteiger partial charge in [-0.2, -0.15) is 0 Å². The Morgan fingerprint density at radius 3 is 2.90 bits per heavy atom. The first-order valence-corrected chi connectivity index (χ1v) is 3.15. The first-order valence-electron chi connectivity index (χ1n) is 3.15. The van der Waals surface area contributed by atoms with Gasteiger partial charge in [-0.05, 0) is 6.92 Å². The second-order valence-electron chi connectivity index (χ2n) is 1.85. The van der Waals surface area contributed by atoms with E-state index >= 15 is 0 Å². The van der Waals surface area contributed by atoms with E-state index in [1.165, 1.54) is 0 Å². The van der Waals surface area contributed by atoms with Gasteiger partial charge in [-0.3, -0.25) is 4.99 Å². The molecule has 0 aliphatic rings. The van der Waals surface area contributed by atoms with Crippen LogP contribution < -0.4 is 0 Å². The summed E-state index contributed by atoms with van der Waals surface area (Å²) in [5.41, 5.74) is 0. The van der Waals surface area contributed by atoms with Crippen LogP contribution in [0.4, 0.5) is 0 Å². The van der Waals surface area contributed by atoms with Crippen molar-refractivity contribution in [1.82, 2.24) is 0 Å². The fourth-order valence-corrected chi connectivity index (χ4v) is 0.381. The fraction of sp³-hybridized carbons (Fsp3) is 0.375. The van der Waals surface area contributed by atoms with Gasteiger partial charge < -0.3 is 4.74 Å². The fourth-order valence-electron chi connectivity index (χ4n) is 0.381. The van der Waals surface area contributed by atoms with Crippen molar-refractivity contribution in [2.75, 3.05) is 13.2 Å². The molecule has 0 fully saturated rings. The molecule has 0 spiro atoms. The normalized spacial score (nSPS) is 9.70. The Morgan fingerprint density at radius 2 is 2.40 bits per heavy atom. The minimum Gasteiger partial charge on any atom is -0.493 e. The molecule has 10 heavy (non-hydrogen) atoms. The number of allylic oxidation sites excluding steroid dienone is 1. The molecule has 0 aromatic carbocycles. The highest BCUT2D eigenvalue weighted by Crippen LogP contribution is 1.86.